The average molecular weight is 437 g/mol. The van der Waals surface area contributed by atoms with E-state index in [1.807, 2.05) is 13.0 Å². The number of ether oxygens (including phenoxy) is 1. The quantitative estimate of drug-likeness (QED) is 0.254. The van der Waals surface area contributed by atoms with E-state index in [1.165, 1.54) is 12.1 Å². The summed E-state index contributed by atoms with van der Waals surface area (Å²) in [6.45, 7) is 7.83. The van der Waals surface area contributed by atoms with Gasteiger partial charge in [0, 0.05) is 26.3 Å². The fraction of sp³-hybridized carbons (Fsp3) is 0.588. The highest BCUT2D eigenvalue weighted by Crippen LogP contribution is 2.04. The highest BCUT2D eigenvalue weighted by Gasteiger charge is 1.98. The molecule has 0 aliphatic heterocycles. The zero-order chi connectivity index (χ0) is 16.0. The molecule has 0 amide bonds. The summed E-state index contributed by atoms with van der Waals surface area (Å²) in [5.74, 6) is 0.523. The lowest BCUT2D eigenvalue weighted by molar-refractivity contribution is 0.129. The second-order valence-corrected chi connectivity index (χ2v) is 5.07. The average Bonchev–Trinajstić information content (AvgIpc) is 2.51. The summed E-state index contributed by atoms with van der Waals surface area (Å²) in [5.41, 5.74) is 0.861. The Hall–Kier alpha value is -0.890. The van der Waals surface area contributed by atoms with Gasteiger partial charge in [-0.15, -0.1) is 24.0 Å². The minimum absolute atomic E-state index is 0. The predicted octanol–water partition coefficient (Wildman–Crippen LogP) is 3.71. The molecule has 1 aromatic carbocycles. The number of benzene rings is 1. The Morgan fingerprint density at radius 1 is 1.17 bits per heavy atom. The Labute approximate surface area is 156 Å². The summed E-state index contributed by atoms with van der Waals surface area (Å²) in [5, 5.41) is 6.44. The molecule has 0 aliphatic rings. The first-order valence-electron chi connectivity index (χ1n) is 8.10. The maximum atomic E-state index is 13.1. The van der Waals surface area contributed by atoms with Crippen LogP contribution in [0.5, 0.6) is 0 Å². The summed E-state index contributed by atoms with van der Waals surface area (Å²) in [4.78, 5) is 4.46. The number of halogens is 2. The summed E-state index contributed by atoms with van der Waals surface area (Å²) >= 11 is 0. The van der Waals surface area contributed by atoms with E-state index in [-0.39, 0.29) is 29.8 Å². The zero-order valence-electron chi connectivity index (χ0n) is 14.1. The van der Waals surface area contributed by atoms with Crippen LogP contribution < -0.4 is 10.6 Å². The summed E-state index contributed by atoms with van der Waals surface area (Å²) in [7, 11) is 0. The largest absolute Gasteiger partial charge is 0.381 e. The van der Waals surface area contributed by atoms with Crippen molar-refractivity contribution in [3.05, 3.63) is 35.6 Å². The Bertz CT molecular complexity index is 444. The van der Waals surface area contributed by atoms with Crippen LogP contribution in [0.3, 0.4) is 0 Å². The van der Waals surface area contributed by atoms with Gasteiger partial charge in [0.1, 0.15) is 5.82 Å². The van der Waals surface area contributed by atoms with E-state index in [0.29, 0.717) is 6.54 Å². The van der Waals surface area contributed by atoms with Crippen molar-refractivity contribution in [3.63, 3.8) is 0 Å². The van der Waals surface area contributed by atoms with Crippen molar-refractivity contribution in [1.82, 2.24) is 10.6 Å². The first-order chi connectivity index (χ1) is 10.8. The Morgan fingerprint density at radius 3 is 2.65 bits per heavy atom. The van der Waals surface area contributed by atoms with E-state index < -0.39 is 0 Å². The van der Waals surface area contributed by atoms with Gasteiger partial charge in [0.15, 0.2) is 5.96 Å². The van der Waals surface area contributed by atoms with E-state index in [0.717, 1.165) is 57.1 Å². The van der Waals surface area contributed by atoms with E-state index in [1.54, 1.807) is 6.07 Å². The fourth-order valence-electron chi connectivity index (χ4n) is 1.88. The molecule has 0 radical (unpaired) electrons. The van der Waals surface area contributed by atoms with Crippen LogP contribution >= 0.6 is 24.0 Å². The van der Waals surface area contributed by atoms with Crippen molar-refractivity contribution in [2.24, 2.45) is 4.99 Å². The number of nitrogens with one attached hydrogen (secondary N) is 2. The maximum Gasteiger partial charge on any atom is 0.191 e. The summed E-state index contributed by atoms with van der Waals surface area (Å²) < 4.78 is 18.6. The van der Waals surface area contributed by atoms with Crippen molar-refractivity contribution < 1.29 is 9.13 Å². The molecular formula is C17H29FIN3O. The van der Waals surface area contributed by atoms with Gasteiger partial charge in [-0.3, -0.25) is 0 Å². The van der Waals surface area contributed by atoms with Gasteiger partial charge >= 0.3 is 0 Å². The lowest BCUT2D eigenvalue weighted by Crippen LogP contribution is -2.38. The molecule has 23 heavy (non-hydrogen) atoms. The van der Waals surface area contributed by atoms with Crippen LogP contribution in [0.25, 0.3) is 0 Å². The van der Waals surface area contributed by atoms with Crippen LogP contribution in [-0.4, -0.2) is 32.3 Å². The van der Waals surface area contributed by atoms with Gasteiger partial charge < -0.3 is 15.4 Å². The molecule has 0 fully saturated rings. The van der Waals surface area contributed by atoms with Crippen LogP contribution in [0.2, 0.25) is 0 Å². The van der Waals surface area contributed by atoms with E-state index in [2.05, 4.69) is 22.5 Å². The number of hydrogen-bond acceptors (Lipinski definition) is 2. The number of rotatable bonds is 10. The van der Waals surface area contributed by atoms with Crippen LogP contribution in [0.15, 0.2) is 29.3 Å². The molecule has 0 aliphatic carbocycles. The second kappa shape index (κ2) is 14.7. The molecule has 6 heteroatoms. The van der Waals surface area contributed by atoms with Crippen LogP contribution in [0.1, 0.15) is 38.7 Å². The molecule has 0 saturated carbocycles. The van der Waals surface area contributed by atoms with E-state index in [4.69, 9.17) is 4.74 Å². The monoisotopic (exact) mass is 437 g/mol. The highest BCUT2D eigenvalue weighted by atomic mass is 127. The molecular weight excluding hydrogens is 408 g/mol. The standard InChI is InChI=1S/C17H28FN3O.HI/c1-3-5-11-22-12-7-10-20-17(19-4-2)21-14-15-8-6-9-16(18)13-15;/h6,8-9,13H,3-5,7,10-12,14H2,1-2H3,(H2,19,20,21);1H. The van der Waals surface area contributed by atoms with Gasteiger partial charge in [0.05, 0.1) is 6.54 Å². The summed E-state index contributed by atoms with van der Waals surface area (Å²) in [6, 6.07) is 6.52. The Balaban J connectivity index is 0.00000484. The zero-order valence-corrected chi connectivity index (χ0v) is 16.4. The molecule has 0 unspecified atom stereocenters. The molecule has 132 valence electrons. The molecule has 0 aromatic heterocycles. The lowest BCUT2D eigenvalue weighted by atomic mass is 10.2. The van der Waals surface area contributed by atoms with Crippen molar-refractivity contribution in [2.75, 3.05) is 26.3 Å². The number of guanidine groups is 1. The van der Waals surface area contributed by atoms with Crippen LogP contribution in [0.4, 0.5) is 4.39 Å². The van der Waals surface area contributed by atoms with Crippen molar-refractivity contribution in [3.8, 4) is 0 Å². The molecule has 0 saturated heterocycles. The molecule has 0 atom stereocenters. The maximum absolute atomic E-state index is 13.1. The van der Waals surface area contributed by atoms with Gasteiger partial charge in [0.2, 0.25) is 0 Å². The summed E-state index contributed by atoms with van der Waals surface area (Å²) in [6.07, 6.45) is 3.22. The number of unbranched alkanes of at least 4 members (excludes halogenated alkanes) is 1. The SMILES string of the molecule is CCCCOCCCNC(=NCc1cccc(F)c1)NCC.I. The van der Waals surface area contributed by atoms with Crippen LogP contribution in [0, 0.1) is 5.82 Å². The van der Waals surface area contributed by atoms with Crippen molar-refractivity contribution in [1.29, 1.82) is 0 Å². The third-order valence-corrected chi connectivity index (χ3v) is 3.05. The topological polar surface area (TPSA) is 45.6 Å². The number of aliphatic imine (C=N–C) groups is 1. The smallest absolute Gasteiger partial charge is 0.191 e. The van der Waals surface area contributed by atoms with E-state index in [9.17, 15) is 4.39 Å². The number of nitrogens with zero attached hydrogens (tertiary/aromatic N) is 1. The molecule has 1 rings (SSSR count). The lowest BCUT2D eigenvalue weighted by Gasteiger charge is -2.11. The Morgan fingerprint density at radius 2 is 1.96 bits per heavy atom. The molecule has 1 aromatic rings. The predicted molar refractivity (Wildman–Crippen MR) is 105 cm³/mol. The molecule has 0 spiro atoms. The minimum atomic E-state index is -0.227. The minimum Gasteiger partial charge on any atom is -0.381 e. The van der Waals surface area contributed by atoms with Gasteiger partial charge in [-0.1, -0.05) is 25.5 Å². The molecule has 0 heterocycles. The molecule has 0 bridgehead atoms. The van der Waals surface area contributed by atoms with Gasteiger partial charge in [-0.2, -0.15) is 0 Å². The second-order valence-electron chi connectivity index (χ2n) is 5.07. The van der Waals surface area contributed by atoms with E-state index >= 15 is 0 Å². The number of hydrogen-bond donors (Lipinski definition) is 2. The van der Waals surface area contributed by atoms with Gasteiger partial charge in [-0.05, 0) is 37.5 Å². The first kappa shape index (κ1) is 22.1. The highest BCUT2D eigenvalue weighted by molar-refractivity contribution is 14.0. The van der Waals surface area contributed by atoms with Crippen molar-refractivity contribution in [2.45, 2.75) is 39.7 Å². The normalized spacial score (nSPS) is 11.0. The van der Waals surface area contributed by atoms with Crippen LogP contribution in [-0.2, 0) is 11.3 Å². The molecule has 2 N–H and O–H groups in total. The first-order valence-corrected chi connectivity index (χ1v) is 8.10. The van der Waals surface area contributed by atoms with Gasteiger partial charge in [-0.25, -0.2) is 9.38 Å². The third-order valence-electron chi connectivity index (χ3n) is 3.05. The Kier molecular flexibility index (Phi) is 14.1. The third kappa shape index (κ3) is 11.3. The van der Waals surface area contributed by atoms with Crippen molar-refractivity contribution >= 4 is 29.9 Å². The molecule has 4 nitrogen and oxygen atoms in total. The van der Waals surface area contributed by atoms with Gasteiger partial charge in [0.25, 0.3) is 0 Å². The fourth-order valence-corrected chi connectivity index (χ4v) is 1.88.